The molecule has 0 aromatic heterocycles. The molecule has 8 heteroatoms. The maximum absolute atomic E-state index is 13.7. The second-order valence-electron chi connectivity index (χ2n) is 10.1. The lowest BCUT2D eigenvalue weighted by atomic mass is 9.91. The van der Waals surface area contributed by atoms with Gasteiger partial charge in [0.15, 0.2) is 0 Å². The summed E-state index contributed by atoms with van der Waals surface area (Å²) in [5.41, 5.74) is 1.57. The molecule has 2 aromatic carbocycles. The van der Waals surface area contributed by atoms with E-state index in [1.165, 1.54) is 0 Å². The van der Waals surface area contributed by atoms with Gasteiger partial charge >= 0.3 is 0 Å². The van der Waals surface area contributed by atoms with E-state index >= 15 is 0 Å². The molecule has 2 aliphatic rings. The predicted molar refractivity (Wildman–Crippen MR) is 135 cm³/mol. The fraction of sp³-hybridized carbons (Fsp3) is 0.481. The third kappa shape index (κ3) is 5.43. The van der Waals surface area contributed by atoms with Crippen LogP contribution in [0.25, 0.3) is 0 Å². The van der Waals surface area contributed by atoms with Crippen molar-refractivity contribution in [2.45, 2.75) is 75.9 Å². The van der Waals surface area contributed by atoms with E-state index in [0.717, 1.165) is 53.1 Å². The fourth-order valence-electron chi connectivity index (χ4n) is 5.06. The first-order valence-corrected chi connectivity index (χ1v) is 13.8. The summed E-state index contributed by atoms with van der Waals surface area (Å²) >= 11 is 0. The number of hydrogen-bond donors (Lipinski definition) is 1. The van der Waals surface area contributed by atoms with E-state index in [-0.39, 0.29) is 42.4 Å². The molecule has 7 nitrogen and oxygen atoms in total. The topological polar surface area (TPSA) is 86.8 Å². The minimum absolute atomic E-state index is 0.0491. The van der Waals surface area contributed by atoms with Crippen molar-refractivity contribution in [3.8, 4) is 0 Å². The molecule has 1 N–H and O–H groups in total. The molecule has 0 bridgehead atoms. The summed E-state index contributed by atoms with van der Waals surface area (Å²) in [4.78, 5) is 28.9. The van der Waals surface area contributed by atoms with Crippen LogP contribution in [0.3, 0.4) is 0 Å². The van der Waals surface area contributed by atoms with Crippen LogP contribution in [0.15, 0.2) is 53.4 Å². The Morgan fingerprint density at radius 2 is 1.71 bits per heavy atom. The third-order valence-electron chi connectivity index (χ3n) is 7.20. The molecule has 1 aliphatic carbocycles. The zero-order chi connectivity index (χ0) is 25.2. The molecule has 1 saturated carbocycles. The summed E-state index contributed by atoms with van der Waals surface area (Å²) in [7, 11) is -3.95. The zero-order valence-corrected chi connectivity index (χ0v) is 21.6. The van der Waals surface area contributed by atoms with Crippen molar-refractivity contribution in [2.75, 3.05) is 13.1 Å². The molecule has 0 unspecified atom stereocenters. The molecular weight excluding hydrogens is 462 g/mol. The summed E-state index contributed by atoms with van der Waals surface area (Å²) in [6, 6.07) is 14.4. The first-order valence-electron chi connectivity index (χ1n) is 12.3. The van der Waals surface area contributed by atoms with Gasteiger partial charge in [0.1, 0.15) is 5.54 Å². The average molecular weight is 498 g/mol. The molecule has 0 radical (unpaired) electrons. The van der Waals surface area contributed by atoms with Crippen molar-refractivity contribution in [2.24, 2.45) is 0 Å². The second-order valence-corrected chi connectivity index (χ2v) is 12.1. The lowest BCUT2D eigenvalue weighted by molar-refractivity contribution is -0.154. The van der Waals surface area contributed by atoms with Crippen molar-refractivity contribution in [3.05, 3.63) is 65.2 Å². The van der Waals surface area contributed by atoms with Gasteiger partial charge in [0.05, 0.1) is 11.4 Å². The predicted octanol–water partition coefficient (Wildman–Crippen LogP) is 3.54. The quantitative estimate of drug-likeness (QED) is 0.661. The van der Waals surface area contributed by atoms with Crippen LogP contribution in [0, 0.1) is 13.8 Å². The average Bonchev–Trinajstić information content (AvgIpc) is 2.82. The first kappa shape index (κ1) is 25.4. The molecule has 1 heterocycles. The fourth-order valence-corrected chi connectivity index (χ4v) is 6.54. The van der Waals surface area contributed by atoms with Gasteiger partial charge in [-0.15, -0.1) is 0 Å². The molecule has 1 saturated heterocycles. The van der Waals surface area contributed by atoms with Gasteiger partial charge in [-0.1, -0.05) is 66.8 Å². The van der Waals surface area contributed by atoms with Crippen molar-refractivity contribution < 1.29 is 18.0 Å². The van der Waals surface area contributed by atoms with E-state index < -0.39 is 15.6 Å². The Balaban J connectivity index is 1.67. The van der Waals surface area contributed by atoms with E-state index in [4.69, 9.17) is 0 Å². The summed E-state index contributed by atoms with van der Waals surface area (Å²) in [6.07, 6.45) is 5.07. The van der Waals surface area contributed by atoms with Crippen LogP contribution in [0.2, 0.25) is 0 Å². The highest BCUT2D eigenvalue weighted by Gasteiger charge is 2.50. The van der Waals surface area contributed by atoms with Crippen LogP contribution in [-0.2, 0) is 26.2 Å². The minimum atomic E-state index is -3.95. The van der Waals surface area contributed by atoms with Crippen molar-refractivity contribution >= 4 is 21.8 Å². The van der Waals surface area contributed by atoms with Gasteiger partial charge in [-0.25, -0.2) is 8.42 Å². The smallest absolute Gasteiger partial charge is 0.247 e. The molecule has 2 amide bonds. The van der Waals surface area contributed by atoms with Crippen molar-refractivity contribution in [1.82, 2.24) is 14.5 Å². The van der Waals surface area contributed by atoms with Crippen LogP contribution in [-0.4, -0.2) is 54.1 Å². The Morgan fingerprint density at radius 1 is 1.03 bits per heavy atom. The van der Waals surface area contributed by atoms with Crippen molar-refractivity contribution in [1.29, 1.82) is 0 Å². The first-order chi connectivity index (χ1) is 16.6. The molecule has 1 atom stereocenters. The zero-order valence-electron chi connectivity index (χ0n) is 20.8. The SMILES string of the molecule is Cc1ccc(S(=O)(=O)N2CC(=O)N(Cc3cccc(C)c3)[C@](C)(C(=O)NC3CCCCC3)C2)cc1. The molecular formula is C27H35N3O4S. The molecule has 35 heavy (non-hydrogen) atoms. The number of carbonyl (C=O) groups excluding carboxylic acids is 2. The number of carbonyl (C=O) groups is 2. The Morgan fingerprint density at radius 3 is 2.37 bits per heavy atom. The Hall–Kier alpha value is -2.71. The Bertz CT molecular complexity index is 1190. The van der Waals surface area contributed by atoms with Gasteiger partial charge in [-0.05, 0) is 51.3 Å². The van der Waals surface area contributed by atoms with Crippen LogP contribution in [0.1, 0.15) is 55.7 Å². The van der Waals surface area contributed by atoms with Gasteiger partial charge in [-0.2, -0.15) is 4.31 Å². The molecule has 2 aromatic rings. The largest absolute Gasteiger partial charge is 0.351 e. The van der Waals surface area contributed by atoms with Gasteiger partial charge in [0.2, 0.25) is 21.8 Å². The maximum Gasteiger partial charge on any atom is 0.247 e. The monoisotopic (exact) mass is 497 g/mol. The van der Waals surface area contributed by atoms with Crippen LogP contribution < -0.4 is 5.32 Å². The number of piperazine rings is 1. The van der Waals surface area contributed by atoms with E-state index in [2.05, 4.69) is 5.32 Å². The van der Waals surface area contributed by atoms with Crippen LogP contribution in [0.4, 0.5) is 0 Å². The number of nitrogens with one attached hydrogen (secondary N) is 1. The normalized spacial score (nSPS) is 22.3. The highest BCUT2D eigenvalue weighted by molar-refractivity contribution is 7.89. The molecule has 0 spiro atoms. The molecule has 1 aliphatic heterocycles. The van der Waals surface area contributed by atoms with E-state index in [0.29, 0.717) is 0 Å². The number of rotatable bonds is 6. The van der Waals surface area contributed by atoms with Crippen LogP contribution >= 0.6 is 0 Å². The summed E-state index contributed by atoms with van der Waals surface area (Å²) in [6.45, 7) is 5.40. The molecule has 2 fully saturated rings. The number of amides is 2. The molecule has 4 rings (SSSR count). The van der Waals surface area contributed by atoms with E-state index in [1.54, 1.807) is 36.1 Å². The third-order valence-corrected chi connectivity index (χ3v) is 9.01. The number of hydrogen-bond acceptors (Lipinski definition) is 4. The Labute approximate surface area is 208 Å². The number of benzene rings is 2. The van der Waals surface area contributed by atoms with Gasteiger partial charge in [0, 0.05) is 19.1 Å². The second kappa shape index (κ2) is 10.1. The van der Waals surface area contributed by atoms with Gasteiger partial charge in [-0.3, -0.25) is 9.59 Å². The molecule has 188 valence electrons. The summed E-state index contributed by atoms with van der Waals surface area (Å²) < 4.78 is 28.1. The Kier molecular flexibility index (Phi) is 7.33. The van der Waals surface area contributed by atoms with Crippen molar-refractivity contribution in [3.63, 3.8) is 0 Å². The lowest BCUT2D eigenvalue weighted by Gasteiger charge is -2.47. The lowest BCUT2D eigenvalue weighted by Crippen LogP contribution is -2.70. The van der Waals surface area contributed by atoms with Crippen LogP contribution in [0.5, 0.6) is 0 Å². The van der Waals surface area contributed by atoms with E-state index in [1.807, 2.05) is 38.1 Å². The summed E-state index contributed by atoms with van der Waals surface area (Å²) in [5, 5.41) is 3.14. The maximum atomic E-state index is 13.7. The number of sulfonamides is 1. The minimum Gasteiger partial charge on any atom is -0.351 e. The number of aryl methyl sites for hydroxylation is 2. The van der Waals surface area contributed by atoms with Gasteiger partial charge in [0.25, 0.3) is 0 Å². The van der Waals surface area contributed by atoms with Gasteiger partial charge < -0.3 is 10.2 Å². The van der Waals surface area contributed by atoms with E-state index in [9.17, 15) is 18.0 Å². The summed E-state index contributed by atoms with van der Waals surface area (Å²) in [5.74, 6) is -0.677. The highest BCUT2D eigenvalue weighted by Crippen LogP contribution is 2.30. The highest BCUT2D eigenvalue weighted by atomic mass is 32.2. The standard InChI is InChI=1S/C27H35N3O4S/c1-20-12-14-24(15-13-20)35(33,34)29-18-25(31)30(17-22-9-7-8-21(2)16-22)27(3,19-29)26(32)28-23-10-5-4-6-11-23/h7-9,12-16,23H,4-6,10-11,17-19H2,1-3H3,(H,28,32)/t27-/m0/s1. The number of nitrogens with zero attached hydrogens (tertiary/aromatic N) is 2.